The summed E-state index contributed by atoms with van der Waals surface area (Å²) in [5, 5.41) is 39.2. The minimum atomic E-state index is -4.93. The molecule has 1 heterocycles. The van der Waals surface area contributed by atoms with Gasteiger partial charge in [-0.25, -0.2) is 4.57 Å². The highest BCUT2D eigenvalue weighted by Crippen LogP contribution is 2.44. The molecule has 1 saturated heterocycles. The summed E-state index contributed by atoms with van der Waals surface area (Å²) in [5.41, 5.74) is 0. The first-order valence-electron chi connectivity index (χ1n) is 21.3. The van der Waals surface area contributed by atoms with Crippen LogP contribution in [0.2, 0.25) is 0 Å². The van der Waals surface area contributed by atoms with Gasteiger partial charge in [-0.2, -0.15) is 0 Å². The summed E-state index contributed by atoms with van der Waals surface area (Å²) in [6.07, 6.45) is 2.90. The Morgan fingerprint density at radius 3 is 1.65 bits per heavy atom. The SMILES string of the molecule is [2H]C([2H])(CCCCCCCC)CCCCC(=O)OC[C@H](COP(=O)(O)OC[C@H]1O[C@@H](O)[C@H](O)[C@@H](O)[C@@H]1O)OC(=O)CCCCC([2H])([2H])CCCCCCCC. The van der Waals surface area contributed by atoms with E-state index in [0.717, 1.165) is 64.2 Å². The van der Waals surface area contributed by atoms with Crippen molar-refractivity contribution in [2.24, 2.45) is 0 Å². The molecule has 1 rings (SSSR count). The number of aliphatic hydroxyl groups excluding tert-OH is 4. The van der Waals surface area contributed by atoms with Gasteiger partial charge in [0.05, 0.1) is 13.2 Å². The zero-order chi connectivity index (χ0) is 41.3. The molecule has 1 unspecified atom stereocenters. The molecule has 0 aliphatic carbocycles. The van der Waals surface area contributed by atoms with Crippen LogP contribution in [0.15, 0.2) is 0 Å². The molecule has 0 saturated carbocycles. The number of carbonyl (C=O) groups is 2. The van der Waals surface area contributed by atoms with Crippen LogP contribution in [0.25, 0.3) is 0 Å². The summed E-state index contributed by atoms with van der Waals surface area (Å²) in [5.74, 6) is -1.36. The molecule has 14 heteroatoms. The molecular weight excluding hydrogens is 683 g/mol. The fourth-order valence-corrected chi connectivity index (χ4v) is 6.18. The van der Waals surface area contributed by atoms with Crippen LogP contribution in [0.4, 0.5) is 0 Å². The molecule has 13 nitrogen and oxygen atoms in total. The second-order valence-corrected chi connectivity index (χ2v) is 14.8. The van der Waals surface area contributed by atoms with Crippen LogP contribution < -0.4 is 0 Å². The van der Waals surface area contributed by atoms with E-state index < -0.39 is 89.1 Å². The quantitative estimate of drug-likeness (QED) is 0.0267. The van der Waals surface area contributed by atoms with Crippen molar-refractivity contribution in [3.8, 4) is 0 Å². The fourth-order valence-electron chi connectivity index (χ4n) is 5.42. The van der Waals surface area contributed by atoms with E-state index >= 15 is 0 Å². The highest BCUT2D eigenvalue weighted by molar-refractivity contribution is 7.47. The smallest absolute Gasteiger partial charge is 0.462 e. The van der Waals surface area contributed by atoms with Gasteiger partial charge in [0.25, 0.3) is 0 Å². The van der Waals surface area contributed by atoms with Gasteiger partial charge in [-0.1, -0.05) is 142 Å². The lowest BCUT2D eigenvalue weighted by Gasteiger charge is -2.38. The first-order valence-corrected chi connectivity index (χ1v) is 20.8. The zero-order valence-electron chi connectivity index (χ0n) is 35.1. The van der Waals surface area contributed by atoms with E-state index in [1.54, 1.807) is 0 Å². The Balaban J connectivity index is 2.63. The summed E-state index contributed by atoms with van der Waals surface area (Å²) in [4.78, 5) is 35.5. The highest BCUT2D eigenvalue weighted by atomic mass is 31.2. The summed E-state index contributed by atoms with van der Waals surface area (Å²) in [6, 6.07) is 0. The molecule has 302 valence electrons. The molecule has 0 aromatic carbocycles. The van der Waals surface area contributed by atoms with E-state index in [0.29, 0.717) is 44.9 Å². The number of phosphoric ester groups is 1. The van der Waals surface area contributed by atoms with Gasteiger partial charge in [-0.15, -0.1) is 0 Å². The molecule has 1 fully saturated rings. The van der Waals surface area contributed by atoms with Gasteiger partial charge in [0.1, 0.15) is 31.0 Å². The topological polar surface area (TPSA) is 199 Å². The zero-order valence-corrected chi connectivity index (χ0v) is 32.0. The number of ether oxygens (including phenoxy) is 3. The minimum Gasteiger partial charge on any atom is -0.462 e. The summed E-state index contributed by atoms with van der Waals surface area (Å²) >= 11 is 0. The number of unbranched alkanes of at least 4 members (excludes halogenated alkanes) is 12. The molecule has 0 aromatic rings. The predicted octanol–water partition coefficient (Wildman–Crippen LogP) is 6.78. The van der Waals surface area contributed by atoms with Crippen molar-refractivity contribution in [2.45, 2.75) is 205 Å². The molecule has 1 aliphatic rings. The maximum absolute atomic E-state index is 12.7. The molecule has 5 N–H and O–H groups in total. The van der Waals surface area contributed by atoms with Crippen LogP contribution in [-0.2, 0) is 37.4 Å². The fraction of sp³-hybridized carbons (Fsp3) is 0.946. The predicted molar refractivity (Wildman–Crippen MR) is 194 cm³/mol. The Labute approximate surface area is 312 Å². The Morgan fingerprint density at radius 2 is 1.12 bits per heavy atom. The molecule has 7 atom stereocenters. The third kappa shape index (κ3) is 24.7. The van der Waals surface area contributed by atoms with Crippen molar-refractivity contribution in [3.05, 3.63) is 0 Å². The van der Waals surface area contributed by atoms with E-state index in [2.05, 4.69) is 13.8 Å². The molecule has 0 bridgehead atoms. The van der Waals surface area contributed by atoms with Crippen molar-refractivity contribution < 1.29 is 68.2 Å². The Morgan fingerprint density at radius 1 is 0.647 bits per heavy atom. The average Bonchev–Trinajstić information content (AvgIpc) is 3.12. The van der Waals surface area contributed by atoms with E-state index in [4.69, 9.17) is 28.7 Å². The lowest BCUT2D eigenvalue weighted by molar-refractivity contribution is -0.285. The lowest BCUT2D eigenvalue weighted by atomic mass is 10.00. The summed E-state index contributed by atoms with van der Waals surface area (Å²) in [7, 11) is -4.93. The number of phosphoric acid groups is 1. The van der Waals surface area contributed by atoms with Gasteiger partial charge in [0.2, 0.25) is 0 Å². The summed E-state index contributed by atoms with van der Waals surface area (Å²) < 4.78 is 71.1. The van der Waals surface area contributed by atoms with E-state index in [9.17, 15) is 39.5 Å². The van der Waals surface area contributed by atoms with Crippen LogP contribution in [0.1, 0.15) is 173 Å². The number of esters is 2. The van der Waals surface area contributed by atoms with Crippen molar-refractivity contribution in [1.82, 2.24) is 0 Å². The second kappa shape index (κ2) is 30.2. The van der Waals surface area contributed by atoms with Gasteiger partial charge in [-0.05, 0) is 12.8 Å². The van der Waals surface area contributed by atoms with E-state index in [-0.39, 0.29) is 19.3 Å². The largest absolute Gasteiger partial charge is 0.472 e. The van der Waals surface area contributed by atoms with Crippen LogP contribution in [0.5, 0.6) is 0 Å². The molecule has 51 heavy (non-hydrogen) atoms. The molecule has 0 spiro atoms. The number of aliphatic hydroxyl groups is 4. The van der Waals surface area contributed by atoms with Gasteiger partial charge in [-0.3, -0.25) is 18.6 Å². The van der Waals surface area contributed by atoms with Crippen molar-refractivity contribution in [1.29, 1.82) is 0 Å². The molecule has 0 aromatic heterocycles. The number of hydrogen-bond acceptors (Lipinski definition) is 12. The molecule has 1 aliphatic heterocycles. The highest BCUT2D eigenvalue weighted by Gasteiger charge is 2.44. The van der Waals surface area contributed by atoms with Crippen LogP contribution in [0.3, 0.4) is 0 Å². The maximum Gasteiger partial charge on any atom is 0.472 e. The van der Waals surface area contributed by atoms with Crippen LogP contribution in [0, 0.1) is 0 Å². The van der Waals surface area contributed by atoms with Crippen molar-refractivity contribution in [3.63, 3.8) is 0 Å². The number of hydrogen-bond donors (Lipinski definition) is 5. The third-order valence-electron chi connectivity index (χ3n) is 8.62. The maximum atomic E-state index is 12.7. The normalized spacial score (nSPS) is 24.1. The Hall–Kier alpha value is -1.15. The van der Waals surface area contributed by atoms with Crippen LogP contribution in [-0.4, -0.2) is 93.9 Å². The third-order valence-corrected chi connectivity index (χ3v) is 9.57. The first-order chi connectivity index (χ1) is 25.9. The summed E-state index contributed by atoms with van der Waals surface area (Å²) in [6.45, 7) is 2.19. The number of rotatable bonds is 33. The molecular formula is C37H71O13P. The standard InChI is InChI=1S/C37H71O13P/c1-3-5-7-9-11-13-15-17-19-21-23-25-32(38)46-27-30(49-33(39)26-24-22-20-18-16-14-12-10-8-6-4-2)28-47-51(44,45)48-29-31-34(40)35(41)36(42)37(43)50-31/h30-31,34-37,40-43H,3-29H2,1-2H3,(H,44,45)/t30-,31-,34-,35+,36-,37-/m1/s1/i17D2,18D2. The van der Waals surface area contributed by atoms with Gasteiger partial charge in [0.15, 0.2) is 12.4 Å². The Bertz CT molecular complexity index is 1090. The van der Waals surface area contributed by atoms with E-state index in [1.807, 2.05) is 0 Å². The Kier molecular flexibility index (Phi) is 24.3. The van der Waals surface area contributed by atoms with Crippen LogP contribution >= 0.6 is 7.82 Å². The lowest BCUT2D eigenvalue weighted by Crippen LogP contribution is -2.58. The average molecular weight is 759 g/mol. The van der Waals surface area contributed by atoms with Crippen molar-refractivity contribution in [2.75, 3.05) is 19.8 Å². The monoisotopic (exact) mass is 758 g/mol. The molecule has 0 amide bonds. The second-order valence-electron chi connectivity index (χ2n) is 13.3. The van der Waals surface area contributed by atoms with Gasteiger partial charge >= 0.3 is 19.8 Å². The first kappa shape index (κ1) is 41.0. The van der Waals surface area contributed by atoms with Gasteiger partial charge < -0.3 is 39.5 Å². The molecule has 0 radical (unpaired) electrons. The number of carbonyl (C=O) groups excluding carboxylic acids is 2. The van der Waals surface area contributed by atoms with E-state index in [1.165, 1.54) is 12.8 Å². The van der Waals surface area contributed by atoms with Crippen molar-refractivity contribution >= 4 is 19.8 Å². The minimum absolute atomic E-state index is 0.0208. The van der Waals surface area contributed by atoms with Gasteiger partial charge in [0, 0.05) is 18.3 Å².